The minimum absolute atomic E-state index is 0.155. The number of hydrogen-bond acceptors (Lipinski definition) is 2. The van der Waals surface area contributed by atoms with Gasteiger partial charge in [-0.1, -0.05) is 18.2 Å². The lowest BCUT2D eigenvalue weighted by Gasteiger charge is -2.41. The van der Waals surface area contributed by atoms with Crippen molar-refractivity contribution < 1.29 is 4.79 Å². The van der Waals surface area contributed by atoms with Gasteiger partial charge < -0.3 is 4.90 Å². The molecular weight excluding hydrogens is 212 g/mol. The zero-order valence-electron chi connectivity index (χ0n) is 10.8. The van der Waals surface area contributed by atoms with E-state index in [1.54, 1.807) is 6.08 Å². The summed E-state index contributed by atoms with van der Waals surface area (Å²) in [6.07, 6.45) is 9.87. The van der Waals surface area contributed by atoms with E-state index in [0.29, 0.717) is 12.1 Å². The highest BCUT2D eigenvalue weighted by Gasteiger charge is 2.35. The fourth-order valence-electron chi connectivity index (χ4n) is 2.84. The molecule has 0 aromatic rings. The van der Waals surface area contributed by atoms with Gasteiger partial charge >= 0.3 is 0 Å². The Labute approximate surface area is 104 Å². The topological polar surface area (TPSA) is 23.6 Å². The molecule has 0 N–H and O–H groups in total. The molecule has 2 aliphatic rings. The molecule has 17 heavy (non-hydrogen) atoms. The molecule has 3 heteroatoms. The van der Waals surface area contributed by atoms with Gasteiger partial charge in [-0.3, -0.25) is 9.69 Å². The molecule has 1 amide bonds. The highest BCUT2D eigenvalue weighted by molar-refractivity contribution is 5.88. The van der Waals surface area contributed by atoms with E-state index in [2.05, 4.69) is 11.8 Å². The van der Waals surface area contributed by atoms with E-state index in [0.717, 1.165) is 13.1 Å². The smallest absolute Gasteiger partial charge is 0.246 e. The molecule has 0 aliphatic carbocycles. The molecule has 2 heterocycles. The number of carbonyl (C=O) groups excluding carboxylic acids is 1. The van der Waals surface area contributed by atoms with E-state index in [-0.39, 0.29) is 5.91 Å². The predicted molar refractivity (Wildman–Crippen MR) is 69.7 cm³/mol. The number of rotatable bonds is 2. The molecule has 2 aliphatic heterocycles. The van der Waals surface area contributed by atoms with E-state index in [1.165, 1.54) is 19.4 Å². The second kappa shape index (κ2) is 5.50. The molecular formula is C14H22N2O. The summed E-state index contributed by atoms with van der Waals surface area (Å²) < 4.78 is 0. The molecule has 0 saturated carbocycles. The number of fused-ring (bicyclic) bond motifs is 1. The van der Waals surface area contributed by atoms with Gasteiger partial charge in [-0.25, -0.2) is 0 Å². The van der Waals surface area contributed by atoms with Crippen molar-refractivity contribution in [2.45, 2.75) is 38.8 Å². The van der Waals surface area contributed by atoms with Crippen molar-refractivity contribution >= 4 is 5.91 Å². The summed E-state index contributed by atoms with van der Waals surface area (Å²) in [5.74, 6) is 0.155. The normalized spacial score (nSPS) is 30.4. The van der Waals surface area contributed by atoms with Crippen LogP contribution < -0.4 is 0 Å². The van der Waals surface area contributed by atoms with Crippen LogP contribution in [0.15, 0.2) is 24.3 Å². The van der Waals surface area contributed by atoms with Crippen LogP contribution in [0.2, 0.25) is 0 Å². The van der Waals surface area contributed by atoms with E-state index in [9.17, 15) is 4.79 Å². The summed E-state index contributed by atoms with van der Waals surface area (Å²) in [6, 6.07) is 0.942. The van der Waals surface area contributed by atoms with Gasteiger partial charge in [0.2, 0.25) is 5.91 Å². The summed E-state index contributed by atoms with van der Waals surface area (Å²) in [6.45, 7) is 7.25. The Kier molecular flexibility index (Phi) is 4.00. The summed E-state index contributed by atoms with van der Waals surface area (Å²) >= 11 is 0. The lowest BCUT2D eigenvalue weighted by Crippen LogP contribution is -2.56. The van der Waals surface area contributed by atoms with Gasteiger partial charge in [0, 0.05) is 31.2 Å². The van der Waals surface area contributed by atoms with Crippen molar-refractivity contribution in [2.75, 3.05) is 19.6 Å². The summed E-state index contributed by atoms with van der Waals surface area (Å²) in [7, 11) is 0. The number of allylic oxidation sites excluding steroid dienone is 3. The molecule has 0 radical (unpaired) electrons. The highest BCUT2D eigenvalue weighted by atomic mass is 16.2. The number of carbonyl (C=O) groups is 1. The van der Waals surface area contributed by atoms with Crippen LogP contribution in [0.4, 0.5) is 0 Å². The van der Waals surface area contributed by atoms with E-state index < -0.39 is 0 Å². The minimum atomic E-state index is 0.155. The van der Waals surface area contributed by atoms with Gasteiger partial charge in [0.15, 0.2) is 0 Å². The number of hydrogen-bond donors (Lipinski definition) is 0. The van der Waals surface area contributed by atoms with E-state index in [4.69, 9.17) is 0 Å². The van der Waals surface area contributed by atoms with Crippen LogP contribution in [0.5, 0.6) is 0 Å². The van der Waals surface area contributed by atoms with Gasteiger partial charge in [0.1, 0.15) is 0 Å². The Balaban J connectivity index is 1.98. The predicted octanol–water partition coefficient (Wildman–Crippen LogP) is 1.81. The Bertz CT molecular complexity index is 335. The summed E-state index contributed by atoms with van der Waals surface area (Å²) in [5, 5.41) is 0. The molecule has 2 saturated heterocycles. The van der Waals surface area contributed by atoms with Crippen molar-refractivity contribution in [3.05, 3.63) is 24.3 Å². The van der Waals surface area contributed by atoms with Crippen LogP contribution in [-0.2, 0) is 4.79 Å². The maximum absolute atomic E-state index is 12.1. The van der Waals surface area contributed by atoms with Gasteiger partial charge in [-0.15, -0.1) is 0 Å². The molecule has 94 valence electrons. The second-order valence-corrected chi connectivity index (χ2v) is 5.02. The molecule has 2 rings (SSSR count). The average Bonchev–Trinajstić information content (AvgIpc) is 2.75. The Morgan fingerprint density at radius 2 is 2.12 bits per heavy atom. The zero-order chi connectivity index (χ0) is 12.3. The molecule has 0 aromatic heterocycles. The van der Waals surface area contributed by atoms with Crippen LogP contribution in [0.25, 0.3) is 0 Å². The van der Waals surface area contributed by atoms with Crippen LogP contribution in [0.1, 0.15) is 26.7 Å². The van der Waals surface area contributed by atoms with Crippen molar-refractivity contribution in [1.82, 2.24) is 9.80 Å². The van der Waals surface area contributed by atoms with Crippen molar-refractivity contribution in [3.63, 3.8) is 0 Å². The molecule has 2 atom stereocenters. The van der Waals surface area contributed by atoms with Crippen LogP contribution >= 0.6 is 0 Å². The quantitative estimate of drug-likeness (QED) is 0.537. The zero-order valence-corrected chi connectivity index (χ0v) is 10.8. The van der Waals surface area contributed by atoms with Gasteiger partial charge in [-0.2, -0.15) is 0 Å². The first-order valence-electron chi connectivity index (χ1n) is 6.56. The van der Waals surface area contributed by atoms with Gasteiger partial charge in [-0.05, 0) is 33.2 Å². The monoisotopic (exact) mass is 234 g/mol. The van der Waals surface area contributed by atoms with E-state index in [1.807, 2.05) is 30.1 Å². The molecule has 0 aromatic carbocycles. The third-order valence-corrected chi connectivity index (χ3v) is 3.76. The lowest BCUT2D eigenvalue weighted by atomic mass is 10.1. The SMILES string of the molecule is C/C=C/C=C/C(=O)N1C[C@@H]2CCCN2C[C@@H]1C. The van der Waals surface area contributed by atoms with Crippen LogP contribution in [-0.4, -0.2) is 47.4 Å². The number of piperazine rings is 1. The summed E-state index contributed by atoms with van der Waals surface area (Å²) in [4.78, 5) is 16.6. The Morgan fingerprint density at radius 1 is 1.29 bits per heavy atom. The third kappa shape index (κ3) is 2.78. The molecule has 0 bridgehead atoms. The van der Waals surface area contributed by atoms with Crippen LogP contribution in [0.3, 0.4) is 0 Å². The van der Waals surface area contributed by atoms with Gasteiger partial charge in [0.25, 0.3) is 0 Å². The largest absolute Gasteiger partial charge is 0.334 e. The molecule has 2 fully saturated rings. The average molecular weight is 234 g/mol. The maximum Gasteiger partial charge on any atom is 0.246 e. The molecule has 3 nitrogen and oxygen atoms in total. The van der Waals surface area contributed by atoms with Crippen LogP contribution in [0, 0.1) is 0 Å². The van der Waals surface area contributed by atoms with E-state index >= 15 is 0 Å². The maximum atomic E-state index is 12.1. The lowest BCUT2D eigenvalue weighted by molar-refractivity contribution is -0.131. The first kappa shape index (κ1) is 12.4. The summed E-state index contributed by atoms with van der Waals surface area (Å²) in [5.41, 5.74) is 0. The van der Waals surface area contributed by atoms with Crippen molar-refractivity contribution in [3.8, 4) is 0 Å². The molecule has 0 unspecified atom stereocenters. The highest BCUT2D eigenvalue weighted by Crippen LogP contribution is 2.24. The third-order valence-electron chi connectivity index (χ3n) is 3.76. The first-order valence-corrected chi connectivity index (χ1v) is 6.56. The Morgan fingerprint density at radius 3 is 2.88 bits per heavy atom. The fourth-order valence-corrected chi connectivity index (χ4v) is 2.84. The first-order chi connectivity index (χ1) is 8.22. The minimum Gasteiger partial charge on any atom is -0.334 e. The standard InChI is InChI=1S/C14H22N2O/c1-3-4-5-8-14(17)16-11-13-7-6-9-15(13)10-12(16)2/h3-5,8,12-13H,6-7,9-11H2,1-2H3/b4-3+,8-5+/t12-,13-/m0/s1. The Hall–Kier alpha value is -1.09. The van der Waals surface area contributed by atoms with Crippen molar-refractivity contribution in [1.29, 1.82) is 0 Å². The molecule has 0 spiro atoms. The second-order valence-electron chi connectivity index (χ2n) is 5.02. The van der Waals surface area contributed by atoms with Crippen molar-refractivity contribution in [2.24, 2.45) is 0 Å². The number of amides is 1. The number of nitrogens with zero attached hydrogens (tertiary/aromatic N) is 2. The fraction of sp³-hybridized carbons (Fsp3) is 0.643. The van der Waals surface area contributed by atoms with Gasteiger partial charge in [0.05, 0.1) is 0 Å².